The van der Waals surface area contributed by atoms with E-state index in [1.165, 1.54) is 4.31 Å². The molecule has 0 atom stereocenters. The summed E-state index contributed by atoms with van der Waals surface area (Å²) in [7, 11) is -3.53. The lowest BCUT2D eigenvalue weighted by molar-refractivity contribution is 0.591. The van der Waals surface area contributed by atoms with Gasteiger partial charge in [-0.25, -0.2) is 8.42 Å². The van der Waals surface area contributed by atoms with Crippen molar-refractivity contribution in [3.05, 3.63) is 59.2 Å². The van der Waals surface area contributed by atoms with Gasteiger partial charge in [0.25, 0.3) is 10.0 Å². The molecule has 0 bridgehead atoms. The third-order valence-corrected chi connectivity index (χ3v) is 5.64. The lowest BCUT2D eigenvalue weighted by Crippen LogP contribution is -2.31. The maximum absolute atomic E-state index is 12.9. The van der Waals surface area contributed by atoms with Gasteiger partial charge in [0.05, 0.1) is 10.6 Å². The number of nitrogens with zero attached hydrogens (tertiary/aromatic N) is 1. The van der Waals surface area contributed by atoms with E-state index < -0.39 is 10.0 Å². The zero-order valence-electron chi connectivity index (χ0n) is 12.9. The summed E-state index contributed by atoms with van der Waals surface area (Å²) in [6, 6.07) is 12.7. The molecule has 0 aliphatic rings. The second-order valence-electron chi connectivity index (χ2n) is 5.20. The van der Waals surface area contributed by atoms with Gasteiger partial charge in [-0.15, -0.1) is 0 Å². The molecule has 2 aromatic rings. The van der Waals surface area contributed by atoms with Crippen LogP contribution in [0, 0.1) is 20.8 Å². The molecular formula is C17H21NO2S. The molecule has 0 heterocycles. The lowest BCUT2D eigenvalue weighted by atomic mass is 10.1. The van der Waals surface area contributed by atoms with Crippen LogP contribution in [0.15, 0.2) is 47.4 Å². The lowest BCUT2D eigenvalue weighted by Gasteiger charge is -2.25. The van der Waals surface area contributed by atoms with E-state index >= 15 is 0 Å². The maximum atomic E-state index is 12.9. The van der Waals surface area contributed by atoms with Gasteiger partial charge >= 0.3 is 0 Å². The zero-order chi connectivity index (χ0) is 15.6. The molecule has 3 nitrogen and oxygen atoms in total. The SMILES string of the molecule is CCN(c1cccc(C)c1C)S(=O)(=O)c1ccc(C)cc1. The highest BCUT2D eigenvalue weighted by molar-refractivity contribution is 7.92. The number of rotatable bonds is 4. The van der Waals surface area contributed by atoms with Gasteiger partial charge in [0, 0.05) is 6.54 Å². The van der Waals surface area contributed by atoms with E-state index in [2.05, 4.69) is 0 Å². The van der Waals surface area contributed by atoms with Gasteiger partial charge in [-0.3, -0.25) is 4.31 Å². The second-order valence-corrected chi connectivity index (χ2v) is 7.06. The molecule has 0 N–H and O–H groups in total. The molecule has 2 aromatic carbocycles. The molecule has 112 valence electrons. The van der Waals surface area contributed by atoms with Crippen molar-refractivity contribution < 1.29 is 8.42 Å². The van der Waals surface area contributed by atoms with Crippen LogP contribution in [0.4, 0.5) is 5.69 Å². The Labute approximate surface area is 127 Å². The predicted molar refractivity (Wildman–Crippen MR) is 87.3 cm³/mol. The minimum atomic E-state index is -3.53. The van der Waals surface area contributed by atoms with Crippen molar-refractivity contribution >= 4 is 15.7 Å². The van der Waals surface area contributed by atoms with Crippen LogP contribution in [0.5, 0.6) is 0 Å². The first kappa shape index (κ1) is 15.6. The van der Waals surface area contributed by atoms with E-state index in [9.17, 15) is 8.42 Å². The Balaban J connectivity index is 2.54. The average molecular weight is 303 g/mol. The second kappa shape index (κ2) is 5.90. The van der Waals surface area contributed by atoms with Crippen molar-refractivity contribution in [2.24, 2.45) is 0 Å². The van der Waals surface area contributed by atoms with Crippen molar-refractivity contribution in [3.8, 4) is 0 Å². The first-order valence-electron chi connectivity index (χ1n) is 7.03. The third-order valence-electron chi connectivity index (χ3n) is 3.74. The highest BCUT2D eigenvalue weighted by Crippen LogP contribution is 2.28. The maximum Gasteiger partial charge on any atom is 0.264 e. The number of hydrogen-bond donors (Lipinski definition) is 0. The molecular weight excluding hydrogens is 282 g/mol. The highest BCUT2D eigenvalue weighted by Gasteiger charge is 2.24. The third kappa shape index (κ3) is 2.95. The number of anilines is 1. The van der Waals surface area contributed by atoms with Crippen molar-refractivity contribution in [3.63, 3.8) is 0 Å². The van der Waals surface area contributed by atoms with Crippen molar-refractivity contribution in [2.75, 3.05) is 10.8 Å². The van der Waals surface area contributed by atoms with E-state index in [4.69, 9.17) is 0 Å². The largest absolute Gasteiger partial charge is 0.266 e. The van der Waals surface area contributed by atoms with Gasteiger partial charge in [-0.1, -0.05) is 29.8 Å². The first-order chi connectivity index (χ1) is 9.87. The van der Waals surface area contributed by atoms with Crippen LogP contribution in [0.1, 0.15) is 23.6 Å². The molecule has 0 aliphatic carbocycles. The zero-order valence-corrected chi connectivity index (χ0v) is 13.7. The summed E-state index contributed by atoms with van der Waals surface area (Å²) in [5, 5.41) is 0. The van der Waals surface area contributed by atoms with Crippen LogP contribution in [0.25, 0.3) is 0 Å². The summed E-state index contributed by atoms with van der Waals surface area (Å²) in [5.74, 6) is 0. The Morgan fingerprint density at radius 3 is 2.14 bits per heavy atom. The van der Waals surface area contributed by atoms with Gasteiger partial charge < -0.3 is 0 Å². The standard InChI is InChI=1S/C17H21NO2S/c1-5-18(17-8-6-7-14(3)15(17)4)21(19,20)16-11-9-13(2)10-12-16/h6-12H,5H2,1-4H3. The summed E-state index contributed by atoms with van der Waals surface area (Å²) < 4.78 is 27.2. The molecule has 0 saturated heterocycles. The van der Waals surface area contributed by atoms with Crippen LogP contribution in [-0.4, -0.2) is 15.0 Å². The Kier molecular flexibility index (Phi) is 4.37. The average Bonchev–Trinajstić information content (AvgIpc) is 2.44. The molecule has 0 aromatic heterocycles. The molecule has 0 fully saturated rings. The van der Waals surface area contributed by atoms with Gasteiger partial charge in [0.1, 0.15) is 0 Å². The molecule has 0 radical (unpaired) electrons. The minimum Gasteiger partial charge on any atom is -0.266 e. The molecule has 2 rings (SSSR count). The molecule has 0 unspecified atom stereocenters. The summed E-state index contributed by atoms with van der Waals surface area (Å²) in [4.78, 5) is 0.329. The Hall–Kier alpha value is -1.81. The number of hydrogen-bond acceptors (Lipinski definition) is 2. The van der Waals surface area contributed by atoms with E-state index in [0.717, 1.165) is 22.4 Å². The first-order valence-corrected chi connectivity index (χ1v) is 8.47. The summed E-state index contributed by atoms with van der Waals surface area (Å²) in [6.45, 7) is 8.15. The number of aryl methyl sites for hydroxylation is 2. The van der Waals surface area contributed by atoms with E-state index in [1.807, 2.05) is 58.0 Å². The summed E-state index contributed by atoms with van der Waals surface area (Å²) >= 11 is 0. The van der Waals surface area contributed by atoms with Gasteiger partial charge in [0.15, 0.2) is 0 Å². The molecule has 0 spiro atoms. The van der Waals surface area contributed by atoms with E-state index in [1.54, 1.807) is 12.1 Å². The molecule has 0 saturated carbocycles. The van der Waals surface area contributed by atoms with E-state index in [0.29, 0.717) is 11.4 Å². The highest BCUT2D eigenvalue weighted by atomic mass is 32.2. The van der Waals surface area contributed by atoms with Crippen LogP contribution in [0.2, 0.25) is 0 Å². The Morgan fingerprint density at radius 2 is 1.57 bits per heavy atom. The Bertz CT molecular complexity index is 734. The van der Waals surface area contributed by atoms with Crippen LogP contribution in [0.3, 0.4) is 0 Å². The van der Waals surface area contributed by atoms with Crippen LogP contribution < -0.4 is 4.31 Å². The normalized spacial score (nSPS) is 11.4. The quantitative estimate of drug-likeness (QED) is 0.861. The van der Waals surface area contributed by atoms with Crippen molar-refractivity contribution in [1.82, 2.24) is 0 Å². The van der Waals surface area contributed by atoms with E-state index in [-0.39, 0.29) is 0 Å². The predicted octanol–water partition coefficient (Wildman–Crippen LogP) is 3.83. The van der Waals surface area contributed by atoms with Gasteiger partial charge in [-0.05, 0) is 57.0 Å². The Morgan fingerprint density at radius 1 is 0.952 bits per heavy atom. The monoisotopic (exact) mass is 303 g/mol. The minimum absolute atomic E-state index is 0.329. The molecule has 21 heavy (non-hydrogen) atoms. The summed E-state index contributed by atoms with van der Waals surface area (Å²) in [6.07, 6.45) is 0. The molecule has 4 heteroatoms. The van der Waals surface area contributed by atoms with Crippen molar-refractivity contribution in [2.45, 2.75) is 32.6 Å². The fourth-order valence-electron chi connectivity index (χ4n) is 2.31. The molecule has 0 amide bonds. The van der Waals surface area contributed by atoms with Gasteiger partial charge in [0.2, 0.25) is 0 Å². The topological polar surface area (TPSA) is 37.4 Å². The van der Waals surface area contributed by atoms with Crippen LogP contribution in [-0.2, 0) is 10.0 Å². The molecule has 0 aliphatic heterocycles. The van der Waals surface area contributed by atoms with Gasteiger partial charge in [-0.2, -0.15) is 0 Å². The van der Waals surface area contributed by atoms with Crippen LogP contribution >= 0.6 is 0 Å². The summed E-state index contributed by atoms with van der Waals surface area (Å²) in [5.41, 5.74) is 3.88. The fraction of sp³-hybridized carbons (Fsp3) is 0.294. The van der Waals surface area contributed by atoms with Crippen molar-refractivity contribution in [1.29, 1.82) is 0 Å². The fourth-order valence-corrected chi connectivity index (χ4v) is 3.84. The number of benzene rings is 2. The number of sulfonamides is 1. The smallest absolute Gasteiger partial charge is 0.264 e.